The summed E-state index contributed by atoms with van der Waals surface area (Å²) < 4.78 is 11.6. The third kappa shape index (κ3) is 29.4. The molecule has 1 atom stereocenters. The Kier molecular flexibility index (Phi) is 31.8. The maximum Gasteiger partial charge on any atom is 0.312 e. The predicted molar refractivity (Wildman–Crippen MR) is 228 cm³/mol. The first-order valence-electron chi connectivity index (χ1n) is 22.0. The molecule has 0 spiro atoms. The van der Waals surface area contributed by atoms with Gasteiger partial charge in [-0.3, -0.25) is 14.4 Å². The van der Waals surface area contributed by atoms with E-state index >= 15 is 0 Å². The van der Waals surface area contributed by atoms with Crippen molar-refractivity contribution in [2.24, 2.45) is 16.7 Å². The molecule has 0 saturated carbocycles. The third-order valence-electron chi connectivity index (χ3n) is 10.4. The summed E-state index contributed by atoms with van der Waals surface area (Å²) in [6.07, 6.45) is 26.3. The van der Waals surface area contributed by atoms with E-state index in [-0.39, 0.29) is 30.1 Å². The van der Waals surface area contributed by atoms with Crippen LogP contribution in [-0.4, -0.2) is 61.1 Å². The molecular weight excluding hydrogens is 679 g/mol. The first-order valence-corrected chi connectivity index (χ1v) is 22.9. The zero-order valence-electron chi connectivity index (χ0n) is 36.4. The number of unbranched alkanes of at least 4 members (excludes halogenated alkanes) is 12. The molecule has 0 rings (SSSR count). The lowest BCUT2D eigenvalue weighted by Crippen LogP contribution is -2.26. The van der Waals surface area contributed by atoms with Gasteiger partial charge in [-0.25, -0.2) is 0 Å². The van der Waals surface area contributed by atoms with E-state index in [1.807, 2.05) is 27.9 Å². The normalized spacial score (nSPS) is 12.5. The van der Waals surface area contributed by atoms with Crippen LogP contribution in [-0.2, 0) is 23.9 Å². The number of ether oxygens (including phenoxy) is 2. The van der Waals surface area contributed by atoms with E-state index in [2.05, 4.69) is 51.4 Å². The van der Waals surface area contributed by atoms with Crippen LogP contribution in [0.5, 0.6) is 0 Å². The van der Waals surface area contributed by atoms with Crippen LogP contribution in [0.25, 0.3) is 0 Å². The van der Waals surface area contributed by atoms with Crippen molar-refractivity contribution >= 4 is 28.8 Å². The highest BCUT2D eigenvalue weighted by Crippen LogP contribution is 2.31. The van der Waals surface area contributed by atoms with E-state index in [1.54, 1.807) is 0 Å². The third-order valence-corrected chi connectivity index (χ3v) is 11.7. The van der Waals surface area contributed by atoms with Gasteiger partial charge in [-0.05, 0) is 98.7 Å². The van der Waals surface area contributed by atoms with Crippen LogP contribution in [0.2, 0.25) is 0 Å². The van der Waals surface area contributed by atoms with Crippen molar-refractivity contribution in [3.8, 4) is 11.8 Å². The standard InChI is InChI=1S/C46H85NO5S/c1-10-13-16-17-18-19-26-39-53-44(50)46(6,7)36-25-21-23-33-41(52-42(48)34-27-37-47(8)9)32-22-20-24-35-45(4,5)43(49)51-38-28-31-40(29-14-11-2)30-15-12-3/h40-41H,10-27,29-30,32-39H2,1-9H3. The average molecular weight is 764 g/mol. The minimum atomic E-state index is -0.550. The molecule has 0 fully saturated rings. The molecule has 0 saturated heterocycles. The summed E-state index contributed by atoms with van der Waals surface area (Å²) in [4.78, 5) is 40.6. The van der Waals surface area contributed by atoms with E-state index in [9.17, 15) is 14.4 Å². The van der Waals surface area contributed by atoms with Crippen molar-refractivity contribution in [3.63, 3.8) is 0 Å². The average Bonchev–Trinajstić information content (AvgIpc) is 3.10. The molecule has 310 valence electrons. The number of rotatable bonds is 34. The fraction of sp³-hybridized carbons (Fsp3) is 0.891. The largest absolute Gasteiger partial charge is 0.462 e. The fourth-order valence-electron chi connectivity index (χ4n) is 6.57. The van der Waals surface area contributed by atoms with E-state index in [0.717, 1.165) is 102 Å². The Bertz CT molecular complexity index is 990. The van der Waals surface area contributed by atoms with Gasteiger partial charge in [-0.2, -0.15) is 0 Å². The summed E-state index contributed by atoms with van der Waals surface area (Å²) >= 11 is 1.53. The Morgan fingerprint density at radius 3 is 1.74 bits per heavy atom. The molecule has 0 aromatic heterocycles. The van der Waals surface area contributed by atoms with Gasteiger partial charge in [0.05, 0.1) is 5.41 Å². The van der Waals surface area contributed by atoms with Crippen LogP contribution in [0.1, 0.15) is 209 Å². The number of nitrogens with zero attached hydrogens (tertiary/aromatic N) is 1. The molecule has 53 heavy (non-hydrogen) atoms. The topological polar surface area (TPSA) is 72.9 Å². The van der Waals surface area contributed by atoms with Gasteiger partial charge in [0.25, 0.3) is 0 Å². The van der Waals surface area contributed by atoms with Gasteiger partial charge >= 0.3 is 11.9 Å². The van der Waals surface area contributed by atoms with Gasteiger partial charge in [0, 0.05) is 23.5 Å². The first kappa shape index (κ1) is 51.5. The van der Waals surface area contributed by atoms with Crippen LogP contribution >= 0.6 is 11.8 Å². The fourth-order valence-corrected chi connectivity index (χ4v) is 7.60. The molecule has 0 aliphatic rings. The lowest BCUT2D eigenvalue weighted by Gasteiger charge is -2.23. The quantitative estimate of drug-likeness (QED) is 0.0367. The number of esters is 2. The van der Waals surface area contributed by atoms with Crippen molar-refractivity contribution in [1.29, 1.82) is 0 Å². The molecule has 0 bridgehead atoms. The van der Waals surface area contributed by atoms with E-state index in [4.69, 9.17) is 9.47 Å². The maximum absolute atomic E-state index is 12.9. The molecule has 6 nitrogen and oxygen atoms in total. The second-order valence-corrected chi connectivity index (χ2v) is 18.2. The number of carbonyl (C=O) groups excluding carboxylic acids is 3. The summed E-state index contributed by atoms with van der Waals surface area (Å²) in [7, 11) is 4.04. The van der Waals surface area contributed by atoms with Gasteiger partial charge in [0.15, 0.2) is 11.7 Å². The Morgan fingerprint density at radius 2 is 1.17 bits per heavy atom. The minimum Gasteiger partial charge on any atom is -0.462 e. The Hall–Kier alpha value is -1.52. The van der Waals surface area contributed by atoms with Gasteiger partial charge < -0.3 is 14.4 Å². The Morgan fingerprint density at radius 1 is 0.642 bits per heavy atom. The first-order chi connectivity index (χ1) is 25.3. The molecule has 0 aliphatic carbocycles. The zero-order valence-corrected chi connectivity index (χ0v) is 37.2. The predicted octanol–water partition coefficient (Wildman–Crippen LogP) is 12.7. The number of thioether (sulfide) groups is 1. The summed E-state index contributed by atoms with van der Waals surface area (Å²) in [5, 5.41) is 0.326. The number of carbonyl (C=O) groups is 3. The second-order valence-electron chi connectivity index (χ2n) is 17.1. The highest BCUT2D eigenvalue weighted by atomic mass is 32.2. The van der Waals surface area contributed by atoms with E-state index in [1.165, 1.54) is 76.0 Å². The van der Waals surface area contributed by atoms with Crippen LogP contribution in [0, 0.1) is 28.6 Å². The van der Waals surface area contributed by atoms with Crippen molar-refractivity contribution in [3.05, 3.63) is 0 Å². The van der Waals surface area contributed by atoms with Gasteiger partial charge in [-0.1, -0.05) is 148 Å². The van der Waals surface area contributed by atoms with Crippen LogP contribution in [0.15, 0.2) is 0 Å². The monoisotopic (exact) mass is 764 g/mol. The number of hydrogen-bond acceptors (Lipinski definition) is 7. The highest BCUT2D eigenvalue weighted by molar-refractivity contribution is 8.13. The van der Waals surface area contributed by atoms with Crippen LogP contribution in [0.3, 0.4) is 0 Å². The molecule has 0 radical (unpaired) electrons. The molecular formula is C46H85NO5S. The second kappa shape index (κ2) is 32.7. The molecule has 0 aliphatic heterocycles. The summed E-state index contributed by atoms with van der Waals surface area (Å²) in [6.45, 7) is 15.8. The molecule has 0 heterocycles. The molecule has 7 heteroatoms. The summed E-state index contributed by atoms with van der Waals surface area (Å²) in [5.74, 6) is 7.56. The van der Waals surface area contributed by atoms with Crippen LogP contribution < -0.4 is 0 Å². The van der Waals surface area contributed by atoms with Gasteiger partial charge in [0.1, 0.15) is 6.10 Å². The van der Waals surface area contributed by atoms with Gasteiger partial charge in [-0.15, -0.1) is 0 Å². The zero-order chi connectivity index (χ0) is 39.8. The van der Waals surface area contributed by atoms with Crippen molar-refractivity contribution in [1.82, 2.24) is 4.90 Å². The van der Waals surface area contributed by atoms with E-state index < -0.39 is 5.41 Å². The van der Waals surface area contributed by atoms with Crippen molar-refractivity contribution in [2.75, 3.05) is 33.0 Å². The molecule has 1 unspecified atom stereocenters. The molecule has 0 N–H and O–H groups in total. The Balaban J connectivity index is 4.70. The van der Waals surface area contributed by atoms with Crippen molar-refractivity contribution < 1.29 is 23.9 Å². The summed E-state index contributed by atoms with van der Waals surface area (Å²) in [6, 6.07) is 0. The van der Waals surface area contributed by atoms with E-state index in [0.29, 0.717) is 17.5 Å². The van der Waals surface area contributed by atoms with Crippen molar-refractivity contribution in [2.45, 2.75) is 215 Å². The lowest BCUT2D eigenvalue weighted by molar-refractivity contribution is -0.153. The molecule has 0 aromatic rings. The Labute approximate surface area is 333 Å². The smallest absolute Gasteiger partial charge is 0.312 e. The highest BCUT2D eigenvalue weighted by Gasteiger charge is 2.29. The molecule has 0 aromatic carbocycles. The minimum absolute atomic E-state index is 0.0796. The SMILES string of the molecule is CCCCCCCCCSC(=O)C(C)(C)CCCCCC(CCCCCC(C)(C)C(=O)OCC#CC(CCCC)CCCC)OC(=O)CCCN(C)C. The number of hydrogen-bond donors (Lipinski definition) is 0. The lowest BCUT2D eigenvalue weighted by atomic mass is 9.86. The maximum atomic E-state index is 12.9. The van der Waals surface area contributed by atoms with Gasteiger partial charge in [0.2, 0.25) is 0 Å². The molecule has 0 amide bonds. The summed E-state index contributed by atoms with van der Waals surface area (Å²) in [5.41, 5.74) is -0.853. The van der Waals surface area contributed by atoms with Crippen LogP contribution in [0.4, 0.5) is 0 Å².